The van der Waals surface area contributed by atoms with Crippen molar-refractivity contribution < 1.29 is 14.7 Å². The van der Waals surface area contributed by atoms with Crippen molar-refractivity contribution in [1.82, 2.24) is 5.32 Å². The normalized spacial score (nSPS) is 32.3. The first-order valence-corrected chi connectivity index (χ1v) is 4.98. The zero-order valence-corrected chi connectivity index (χ0v) is 8.67. The van der Waals surface area contributed by atoms with Gasteiger partial charge in [-0.2, -0.15) is 0 Å². The minimum Gasteiger partial charge on any atom is -0.480 e. The maximum atomic E-state index is 11.1. The number of nitrogens with one attached hydrogen (secondary N) is 1. The van der Waals surface area contributed by atoms with Gasteiger partial charge in [0.25, 0.3) is 0 Å². The Kier molecular flexibility index (Phi) is 3.13. The summed E-state index contributed by atoms with van der Waals surface area (Å²) in [6.07, 6.45) is 3.01. The first kappa shape index (κ1) is 11.0. The molecule has 80 valence electrons. The van der Waals surface area contributed by atoms with Crippen LogP contribution in [0.25, 0.3) is 0 Å². The summed E-state index contributed by atoms with van der Waals surface area (Å²) < 4.78 is 0. The summed E-state index contributed by atoms with van der Waals surface area (Å²) in [5, 5.41) is 11.7. The van der Waals surface area contributed by atoms with Gasteiger partial charge in [-0.3, -0.25) is 4.79 Å². The Bertz CT molecular complexity index is 252. The van der Waals surface area contributed by atoms with Crippen molar-refractivity contribution >= 4 is 11.9 Å². The number of rotatable bonds is 2. The summed E-state index contributed by atoms with van der Waals surface area (Å²) in [4.78, 5) is 22.1. The molecule has 0 heterocycles. The van der Waals surface area contributed by atoms with Gasteiger partial charge in [0.05, 0.1) is 0 Å². The Morgan fingerprint density at radius 3 is 2.57 bits per heavy atom. The Labute approximate surface area is 83.7 Å². The highest BCUT2D eigenvalue weighted by molar-refractivity contribution is 5.86. The van der Waals surface area contributed by atoms with E-state index >= 15 is 0 Å². The summed E-state index contributed by atoms with van der Waals surface area (Å²) in [7, 11) is 0. The molecule has 0 aromatic carbocycles. The average Bonchev–Trinajstić information content (AvgIpc) is 2.02. The lowest BCUT2D eigenvalue weighted by molar-refractivity contribution is -0.149. The van der Waals surface area contributed by atoms with Crippen LogP contribution in [-0.4, -0.2) is 22.5 Å². The lowest BCUT2D eigenvalue weighted by Crippen LogP contribution is -2.56. The molecule has 14 heavy (non-hydrogen) atoms. The van der Waals surface area contributed by atoms with Crippen LogP contribution < -0.4 is 5.32 Å². The van der Waals surface area contributed by atoms with Crippen molar-refractivity contribution in [3.05, 3.63) is 0 Å². The van der Waals surface area contributed by atoms with Gasteiger partial charge in [-0.05, 0) is 18.8 Å². The van der Waals surface area contributed by atoms with E-state index in [9.17, 15) is 9.59 Å². The molecule has 4 heteroatoms. The number of hydrogen-bond acceptors (Lipinski definition) is 2. The molecule has 1 aliphatic rings. The highest BCUT2D eigenvalue weighted by Crippen LogP contribution is 2.32. The summed E-state index contributed by atoms with van der Waals surface area (Å²) >= 11 is 0. The molecule has 1 fully saturated rings. The van der Waals surface area contributed by atoms with E-state index in [0.29, 0.717) is 18.8 Å². The zero-order valence-electron chi connectivity index (χ0n) is 8.67. The van der Waals surface area contributed by atoms with Gasteiger partial charge in [-0.25, -0.2) is 4.79 Å². The molecule has 1 rings (SSSR count). The monoisotopic (exact) mass is 199 g/mol. The van der Waals surface area contributed by atoms with Crippen molar-refractivity contribution in [3.8, 4) is 0 Å². The number of amides is 1. The molecule has 0 unspecified atom stereocenters. The number of carboxylic acids is 1. The number of carboxylic acid groups (broad SMARTS) is 1. The maximum absolute atomic E-state index is 11.1. The molecular formula is C10H17NO3. The molecule has 0 saturated heterocycles. The minimum atomic E-state index is -1.01. The molecule has 0 aromatic rings. The first-order valence-electron chi connectivity index (χ1n) is 4.98. The van der Waals surface area contributed by atoms with E-state index < -0.39 is 11.5 Å². The number of carbonyl (C=O) groups is 2. The van der Waals surface area contributed by atoms with Crippen molar-refractivity contribution in [3.63, 3.8) is 0 Å². The maximum Gasteiger partial charge on any atom is 0.329 e. The fourth-order valence-corrected chi connectivity index (χ4v) is 2.25. The van der Waals surface area contributed by atoms with Crippen molar-refractivity contribution in [2.24, 2.45) is 5.92 Å². The van der Waals surface area contributed by atoms with E-state index in [2.05, 4.69) is 5.32 Å². The minimum absolute atomic E-state index is 0.262. The van der Waals surface area contributed by atoms with Crippen LogP contribution in [0.3, 0.4) is 0 Å². The van der Waals surface area contributed by atoms with Crippen LogP contribution in [0.15, 0.2) is 0 Å². The highest BCUT2D eigenvalue weighted by Gasteiger charge is 2.42. The van der Waals surface area contributed by atoms with E-state index in [1.807, 2.05) is 6.92 Å². The SMILES string of the molecule is CC(=O)N[C@]1(C(=O)O)CCC[C@@H](C)C1. The van der Waals surface area contributed by atoms with Crippen LogP contribution in [0.1, 0.15) is 39.5 Å². The second-order valence-electron chi connectivity index (χ2n) is 4.27. The van der Waals surface area contributed by atoms with Gasteiger partial charge in [0.1, 0.15) is 5.54 Å². The standard InChI is InChI=1S/C10H17NO3/c1-7-4-3-5-10(6-7,9(13)14)11-8(2)12/h7H,3-6H2,1-2H3,(H,11,12)(H,13,14)/t7-,10-/m1/s1. The topological polar surface area (TPSA) is 66.4 Å². The van der Waals surface area contributed by atoms with Gasteiger partial charge in [-0.15, -0.1) is 0 Å². The predicted molar refractivity (Wildman–Crippen MR) is 51.8 cm³/mol. The van der Waals surface area contributed by atoms with Crippen LogP contribution in [-0.2, 0) is 9.59 Å². The summed E-state index contributed by atoms with van der Waals surface area (Å²) in [5.41, 5.74) is -1.01. The molecule has 0 aromatic heterocycles. The van der Waals surface area contributed by atoms with Crippen LogP contribution in [0.5, 0.6) is 0 Å². The highest BCUT2D eigenvalue weighted by atomic mass is 16.4. The molecule has 2 N–H and O–H groups in total. The molecule has 0 spiro atoms. The van der Waals surface area contributed by atoms with Gasteiger partial charge in [0, 0.05) is 6.92 Å². The quantitative estimate of drug-likeness (QED) is 0.701. The summed E-state index contributed by atoms with van der Waals surface area (Å²) in [6.45, 7) is 3.39. The van der Waals surface area contributed by atoms with Crippen molar-refractivity contribution in [2.75, 3.05) is 0 Å². The largest absolute Gasteiger partial charge is 0.480 e. The van der Waals surface area contributed by atoms with E-state index in [0.717, 1.165) is 12.8 Å². The van der Waals surface area contributed by atoms with Gasteiger partial charge >= 0.3 is 5.97 Å². The fraction of sp³-hybridized carbons (Fsp3) is 0.800. The Morgan fingerprint density at radius 1 is 1.50 bits per heavy atom. The molecule has 0 bridgehead atoms. The number of hydrogen-bond donors (Lipinski definition) is 2. The van der Waals surface area contributed by atoms with Crippen LogP contribution in [0, 0.1) is 5.92 Å². The lowest BCUT2D eigenvalue weighted by atomic mass is 9.76. The van der Waals surface area contributed by atoms with Gasteiger partial charge in [-0.1, -0.05) is 19.8 Å². The number of aliphatic carboxylic acids is 1. The summed E-state index contributed by atoms with van der Waals surface area (Å²) in [6, 6.07) is 0. The molecular weight excluding hydrogens is 182 g/mol. The third-order valence-electron chi connectivity index (χ3n) is 2.82. The molecule has 0 radical (unpaired) electrons. The molecule has 1 amide bonds. The third-order valence-corrected chi connectivity index (χ3v) is 2.82. The zero-order chi connectivity index (χ0) is 10.8. The average molecular weight is 199 g/mol. The smallest absolute Gasteiger partial charge is 0.329 e. The van der Waals surface area contributed by atoms with Crippen molar-refractivity contribution in [1.29, 1.82) is 0 Å². The molecule has 4 nitrogen and oxygen atoms in total. The van der Waals surface area contributed by atoms with Crippen LogP contribution in [0.4, 0.5) is 0 Å². The van der Waals surface area contributed by atoms with Gasteiger partial charge < -0.3 is 10.4 Å². The number of carbonyl (C=O) groups excluding carboxylic acids is 1. The van der Waals surface area contributed by atoms with E-state index in [-0.39, 0.29) is 5.91 Å². The van der Waals surface area contributed by atoms with E-state index in [4.69, 9.17) is 5.11 Å². The molecule has 1 aliphatic carbocycles. The lowest BCUT2D eigenvalue weighted by Gasteiger charge is -2.36. The molecule has 1 saturated carbocycles. The van der Waals surface area contributed by atoms with Crippen LogP contribution >= 0.6 is 0 Å². The Hall–Kier alpha value is -1.06. The Morgan fingerprint density at radius 2 is 2.14 bits per heavy atom. The molecule has 2 atom stereocenters. The van der Waals surface area contributed by atoms with Gasteiger partial charge in [0.15, 0.2) is 0 Å². The molecule has 0 aliphatic heterocycles. The van der Waals surface area contributed by atoms with Gasteiger partial charge in [0.2, 0.25) is 5.91 Å². The Balaban J connectivity index is 2.80. The predicted octanol–water partition coefficient (Wildman–Crippen LogP) is 1.16. The summed E-state index contributed by atoms with van der Waals surface area (Å²) in [5.74, 6) is -0.799. The third kappa shape index (κ3) is 2.25. The second-order valence-corrected chi connectivity index (χ2v) is 4.27. The first-order chi connectivity index (χ1) is 6.46. The fourth-order valence-electron chi connectivity index (χ4n) is 2.25. The van der Waals surface area contributed by atoms with Crippen LogP contribution in [0.2, 0.25) is 0 Å². The second kappa shape index (κ2) is 3.98. The van der Waals surface area contributed by atoms with E-state index in [1.165, 1.54) is 6.92 Å². The van der Waals surface area contributed by atoms with Crippen molar-refractivity contribution in [2.45, 2.75) is 45.1 Å². The van der Waals surface area contributed by atoms with E-state index in [1.54, 1.807) is 0 Å².